The second-order valence-corrected chi connectivity index (χ2v) is 6.85. The van der Waals surface area contributed by atoms with Gasteiger partial charge >= 0.3 is 0 Å². The Morgan fingerprint density at radius 1 is 1.12 bits per heavy atom. The molecule has 1 aliphatic rings. The lowest BCUT2D eigenvalue weighted by Crippen LogP contribution is -2.41. The molecule has 0 aromatic heterocycles. The van der Waals surface area contributed by atoms with Crippen molar-refractivity contribution in [3.8, 4) is 0 Å². The molecule has 1 N–H and O–H groups in total. The van der Waals surface area contributed by atoms with Crippen LogP contribution in [0, 0.1) is 17.6 Å². The van der Waals surface area contributed by atoms with Gasteiger partial charge in [-0.25, -0.2) is 8.78 Å². The third-order valence-corrected chi connectivity index (χ3v) is 5.10. The molecule has 2 aromatic carbocycles. The first-order chi connectivity index (χ1) is 12.5. The molecule has 1 amide bonds. The molecule has 1 fully saturated rings. The Balaban J connectivity index is 1.51. The van der Waals surface area contributed by atoms with E-state index in [0.29, 0.717) is 32.4 Å². The molecular formula is C21H23F2NO2. The Bertz CT molecular complexity index is 743. The number of nitrogens with zero attached hydrogens (tertiary/aromatic N) is 1. The molecule has 138 valence electrons. The molecule has 1 heterocycles. The molecule has 26 heavy (non-hydrogen) atoms. The molecule has 0 bridgehead atoms. The number of halogens is 2. The zero-order chi connectivity index (χ0) is 18.5. The predicted octanol–water partition coefficient (Wildman–Crippen LogP) is 3.81. The number of piperidine rings is 1. The van der Waals surface area contributed by atoms with E-state index in [1.807, 2.05) is 30.3 Å². The Morgan fingerprint density at radius 3 is 2.46 bits per heavy atom. The summed E-state index contributed by atoms with van der Waals surface area (Å²) in [5.41, 5.74) is 1.10. The average molecular weight is 359 g/mol. The number of benzene rings is 2. The summed E-state index contributed by atoms with van der Waals surface area (Å²) in [6, 6.07) is 13.0. The van der Waals surface area contributed by atoms with Gasteiger partial charge in [-0.2, -0.15) is 0 Å². The fourth-order valence-electron chi connectivity index (χ4n) is 3.52. The van der Waals surface area contributed by atoms with Crippen LogP contribution in [0.5, 0.6) is 0 Å². The van der Waals surface area contributed by atoms with Crippen molar-refractivity contribution < 1.29 is 18.7 Å². The zero-order valence-electron chi connectivity index (χ0n) is 14.6. The molecule has 0 spiro atoms. The first-order valence-electron chi connectivity index (χ1n) is 9.01. The van der Waals surface area contributed by atoms with E-state index in [1.165, 1.54) is 11.6 Å². The number of carbonyl (C=O) groups excluding carboxylic acids is 1. The number of hydrogen-bond acceptors (Lipinski definition) is 2. The van der Waals surface area contributed by atoms with E-state index in [0.717, 1.165) is 18.6 Å². The van der Waals surface area contributed by atoms with Gasteiger partial charge in [0.2, 0.25) is 0 Å². The smallest absolute Gasteiger partial charge is 0.256 e. The first-order valence-corrected chi connectivity index (χ1v) is 9.01. The van der Waals surface area contributed by atoms with Crippen molar-refractivity contribution in [1.29, 1.82) is 0 Å². The quantitative estimate of drug-likeness (QED) is 0.882. The van der Waals surface area contributed by atoms with Gasteiger partial charge in [-0.3, -0.25) is 4.79 Å². The van der Waals surface area contributed by atoms with Gasteiger partial charge in [0.15, 0.2) is 0 Å². The minimum absolute atomic E-state index is 0.102. The van der Waals surface area contributed by atoms with E-state index in [4.69, 9.17) is 0 Å². The van der Waals surface area contributed by atoms with Crippen LogP contribution in [0.4, 0.5) is 8.78 Å². The Labute approximate surface area is 152 Å². The monoisotopic (exact) mass is 359 g/mol. The summed E-state index contributed by atoms with van der Waals surface area (Å²) in [5.74, 6) is -1.81. The van der Waals surface area contributed by atoms with Crippen molar-refractivity contribution in [3.63, 3.8) is 0 Å². The highest BCUT2D eigenvalue weighted by atomic mass is 19.1. The zero-order valence-corrected chi connectivity index (χ0v) is 14.6. The first kappa shape index (κ1) is 18.5. The van der Waals surface area contributed by atoms with Crippen LogP contribution in [0.1, 0.15) is 35.2 Å². The van der Waals surface area contributed by atoms with Crippen LogP contribution in [0.25, 0.3) is 0 Å². The summed E-state index contributed by atoms with van der Waals surface area (Å²) in [4.78, 5) is 14.0. The summed E-state index contributed by atoms with van der Waals surface area (Å²) in [6.45, 7) is 0.950. The van der Waals surface area contributed by atoms with Gasteiger partial charge in [-0.15, -0.1) is 0 Å². The van der Waals surface area contributed by atoms with Crippen LogP contribution < -0.4 is 0 Å². The molecule has 2 aromatic rings. The molecule has 0 unspecified atom stereocenters. The van der Waals surface area contributed by atoms with Gasteiger partial charge in [0.25, 0.3) is 5.91 Å². The second-order valence-electron chi connectivity index (χ2n) is 6.85. The fourth-order valence-corrected chi connectivity index (χ4v) is 3.52. The molecule has 5 heteroatoms. The van der Waals surface area contributed by atoms with Crippen molar-refractivity contribution in [2.75, 3.05) is 13.1 Å². The molecule has 1 saturated heterocycles. The summed E-state index contributed by atoms with van der Waals surface area (Å²) < 4.78 is 26.8. The Morgan fingerprint density at radius 2 is 1.81 bits per heavy atom. The van der Waals surface area contributed by atoms with E-state index >= 15 is 0 Å². The lowest BCUT2D eigenvalue weighted by Gasteiger charge is -2.34. The van der Waals surface area contributed by atoms with Crippen LogP contribution in [0.15, 0.2) is 48.5 Å². The van der Waals surface area contributed by atoms with Crippen LogP contribution >= 0.6 is 0 Å². The molecule has 0 saturated carbocycles. The Kier molecular flexibility index (Phi) is 5.99. The number of likely N-dealkylation sites (tertiary alicyclic amines) is 1. The second kappa shape index (κ2) is 8.41. The predicted molar refractivity (Wildman–Crippen MR) is 95.8 cm³/mol. The number of amides is 1. The van der Waals surface area contributed by atoms with Gasteiger partial charge in [0, 0.05) is 19.2 Å². The summed E-state index contributed by atoms with van der Waals surface area (Å²) in [7, 11) is 0. The number of rotatable bonds is 5. The average Bonchev–Trinajstić information content (AvgIpc) is 2.66. The third-order valence-electron chi connectivity index (χ3n) is 5.10. The maximum absolute atomic E-state index is 13.8. The van der Waals surface area contributed by atoms with E-state index in [-0.39, 0.29) is 11.5 Å². The van der Waals surface area contributed by atoms with E-state index in [9.17, 15) is 18.7 Å². The SMILES string of the molecule is O=C(c1ccc(F)cc1F)N1CCC([C@@H](O)CCc2ccccc2)CC1. The van der Waals surface area contributed by atoms with Crippen LogP contribution in [-0.4, -0.2) is 35.1 Å². The van der Waals surface area contributed by atoms with Crippen LogP contribution in [0.3, 0.4) is 0 Å². The maximum Gasteiger partial charge on any atom is 0.256 e. The summed E-state index contributed by atoms with van der Waals surface area (Å²) >= 11 is 0. The van der Waals surface area contributed by atoms with Gasteiger partial charge in [-0.1, -0.05) is 30.3 Å². The number of aliphatic hydroxyl groups excluding tert-OH is 1. The minimum Gasteiger partial charge on any atom is -0.393 e. The largest absolute Gasteiger partial charge is 0.393 e. The molecule has 1 aliphatic heterocycles. The lowest BCUT2D eigenvalue weighted by atomic mass is 9.88. The Hall–Kier alpha value is -2.27. The number of aryl methyl sites for hydroxylation is 1. The topological polar surface area (TPSA) is 40.5 Å². The standard InChI is InChI=1S/C21H23F2NO2/c22-17-7-8-18(19(23)14-17)21(26)24-12-10-16(11-13-24)20(25)9-6-15-4-2-1-3-5-15/h1-5,7-8,14,16,20,25H,6,9-13H2/t20-/m0/s1. The van der Waals surface area contributed by atoms with Crippen molar-refractivity contribution in [1.82, 2.24) is 4.90 Å². The number of aliphatic hydroxyl groups is 1. The molecule has 1 atom stereocenters. The minimum atomic E-state index is -0.833. The molecule has 0 aliphatic carbocycles. The van der Waals surface area contributed by atoms with Crippen molar-refractivity contribution in [2.24, 2.45) is 5.92 Å². The third kappa shape index (κ3) is 4.47. The highest BCUT2D eigenvalue weighted by molar-refractivity contribution is 5.94. The van der Waals surface area contributed by atoms with Gasteiger partial charge in [0.05, 0.1) is 11.7 Å². The van der Waals surface area contributed by atoms with Crippen molar-refractivity contribution in [3.05, 3.63) is 71.3 Å². The number of hydrogen-bond donors (Lipinski definition) is 1. The molecule has 3 nitrogen and oxygen atoms in total. The lowest BCUT2D eigenvalue weighted by molar-refractivity contribution is 0.0434. The van der Waals surface area contributed by atoms with Crippen LogP contribution in [-0.2, 0) is 6.42 Å². The van der Waals surface area contributed by atoms with Crippen molar-refractivity contribution >= 4 is 5.91 Å². The highest BCUT2D eigenvalue weighted by Crippen LogP contribution is 2.25. The normalized spacial score (nSPS) is 16.5. The highest BCUT2D eigenvalue weighted by Gasteiger charge is 2.28. The van der Waals surface area contributed by atoms with Crippen molar-refractivity contribution in [2.45, 2.75) is 31.8 Å². The van der Waals surface area contributed by atoms with E-state index in [1.54, 1.807) is 4.90 Å². The summed E-state index contributed by atoms with van der Waals surface area (Å²) in [5, 5.41) is 10.4. The summed E-state index contributed by atoms with van der Waals surface area (Å²) in [6.07, 6.45) is 2.47. The molecule has 3 rings (SSSR count). The maximum atomic E-state index is 13.8. The molecule has 0 radical (unpaired) electrons. The van der Waals surface area contributed by atoms with Gasteiger partial charge < -0.3 is 10.0 Å². The van der Waals surface area contributed by atoms with E-state index < -0.39 is 23.6 Å². The van der Waals surface area contributed by atoms with E-state index in [2.05, 4.69) is 0 Å². The van der Waals surface area contributed by atoms with Gasteiger partial charge in [-0.05, 0) is 49.3 Å². The van der Waals surface area contributed by atoms with Gasteiger partial charge in [0.1, 0.15) is 11.6 Å². The number of carbonyl (C=O) groups is 1. The van der Waals surface area contributed by atoms with Crippen LogP contribution in [0.2, 0.25) is 0 Å². The molecular weight excluding hydrogens is 336 g/mol. The fraction of sp³-hybridized carbons (Fsp3) is 0.381.